The van der Waals surface area contributed by atoms with E-state index in [1.54, 1.807) is 0 Å². The lowest BCUT2D eigenvalue weighted by Crippen LogP contribution is -2.33. The van der Waals surface area contributed by atoms with Crippen LogP contribution < -0.4 is 5.32 Å². The summed E-state index contributed by atoms with van der Waals surface area (Å²) in [4.78, 5) is 13.6. The molecule has 0 saturated heterocycles. The Kier molecular flexibility index (Phi) is 6.03. The number of hydrogen-bond donors (Lipinski definition) is 1. The lowest BCUT2D eigenvalue weighted by atomic mass is 10.2. The van der Waals surface area contributed by atoms with Crippen molar-refractivity contribution < 1.29 is 4.79 Å². The normalized spacial score (nSPS) is 15.7. The molecule has 3 nitrogen and oxygen atoms in total. The Morgan fingerprint density at radius 2 is 2.20 bits per heavy atom. The van der Waals surface area contributed by atoms with Crippen molar-refractivity contribution >= 4 is 17.5 Å². The van der Waals surface area contributed by atoms with Crippen LogP contribution in [0.4, 0.5) is 0 Å². The van der Waals surface area contributed by atoms with E-state index >= 15 is 0 Å². The number of carbonyl (C=O) groups is 1. The summed E-state index contributed by atoms with van der Waals surface area (Å²) >= 11 is 5.53. The molecule has 1 aliphatic carbocycles. The lowest BCUT2D eigenvalue weighted by molar-refractivity contribution is -0.121. The molecule has 0 unspecified atom stereocenters. The van der Waals surface area contributed by atoms with E-state index in [2.05, 4.69) is 17.3 Å². The molecule has 0 atom stereocenters. The Morgan fingerprint density at radius 1 is 1.47 bits per heavy atom. The average molecular weight is 233 g/mol. The van der Waals surface area contributed by atoms with Crippen LogP contribution >= 0.6 is 11.6 Å². The van der Waals surface area contributed by atoms with Gasteiger partial charge in [0.25, 0.3) is 0 Å². The standard InChI is InChI=1S/C11H21ClN2O/c1-14(10-5-6-10)9-8-13-11(15)4-2-3-7-12/h10H,2-9H2,1H3,(H,13,15). The highest BCUT2D eigenvalue weighted by Gasteiger charge is 2.25. The zero-order valence-corrected chi connectivity index (χ0v) is 10.2. The molecule has 0 aromatic carbocycles. The second kappa shape index (κ2) is 7.07. The fourth-order valence-electron chi connectivity index (χ4n) is 1.54. The van der Waals surface area contributed by atoms with Gasteiger partial charge in [0.1, 0.15) is 0 Å². The third-order valence-electron chi connectivity index (χ3n) is 2.74. The first-order chi connectivity index (χ1) is 7.24. The van der Waals surface area contributed by atoms with Crippen molar-refractivity contribution in [2.75, 3.05) is 26.0 Å². The highest BCUT2D eigenvalue weighted by Crippen LogP contribution is 2.24. The van der Waals surface area contributed by atoms with E-state index < -0.39 is 0 Å². The zero-order valence-electron chi connectivity index (χ0n) is 9.47. The van der Waals surface area contributed by atoms with E-state index in [1.165, 1.54) is 12.8 Å². The van der Waals surface area contributed by atoms with Gasteiger partial charge in [0.2, 0.25) is 5.91 Å². The minimum atomic E-state index is 0.157. The van der Waals surface area contributed by atoms with Gasteiger partial charge in [-0.25, -0.2) is 0 Å². The number of rotatable bonds is 8. The number of nitrogens with zero attached hydrogens (tertiary/aromatic N) is 1. The maximum atomic E-state index is 11.3. The van der Waals surface area contributed by atoms with E-state index in [-0.39, 0.29) is 5.91 Å². The Morgan fingerprint density at radius 3 is 2.80 bits per heavy atom. The van der Waals surface area contributed by atoms with Gasteiger partial charge in [0, 0.05) is 31.4 Å². The Bertz CT molecular complexity index is 195. The van der Waals surface area contributed by atoms with Crippen LogP contribution in [0.5, 0.6) is 0 Å². The summed E-state index contributed by atoms with van der Waals surface area (Å²) in [5, 5.41) is 2.93. The van der Waals surface area contributed by atoms with E-state index in [9.17, 15) is 4.79 Å². The molecule has 0 spiro atoms. The topological polar surface area (TPSA) is 32.3 Å². The summed E-state index contributed by atoms with van der Waals surface area (Å²) in [5.74, 6) is 0.807. The summed E-state index contributed by atoms with van der Waals surface area (Å²) in [5.41, 5.74) is 0. The molecule has 0 heterocycles. The lowest BCUT2D eigenvalue weighted by Gasteiger charge is -2.15. The Labute approximate surface area is 97.2 Å². The minimum absolute atomic E-state index is 0.157. The van der Waals surface area contributed by atoms with Crippen LogP contribution in [-0.2, 0) is 4.79 Å². The largest absolute Gasteiger partial charge is 0.355 e. The van der Waals surface area contributed by atoms with Gasteiger partial charge in [-0.15, -0.1) is 11.6 Å². The van der Waals surface area contributed by atoms with Gasteiger partial charge < -0.3 is 10.2 Å². The van der Waals surface area contributed by atoms with Crippen LogP contribution in [0.1, 0.15) is 32.1 Å². The number of nitrogens with one attached hydrogen (secondary N) is 1. The van der Waals surface area contributed by atoms with Gasteiger partial charge >= 0.3 is 0 Å². The molecule has 88 valence electrons. The highest BCUT2D eigenvalue weighted by molar-refractivity contribution is 6.17. The molecule has 0 aliphatic heterocycles. The van der Waals surface area contributed by atoms with Gasteiger partial charge in [0.15, 0.2) is 0 Å². The smallest absolute Gasteiger partial charge is 0.220 e. The summed E-state index contributed by atoms with van der Waals surface area (Å²) in [7, 11) is 2.12. The monoisotopic (exact) mass is 232 g/mol. The minimum Gasteiger partial charge on any atom is -0.355 e. The van der Waals surface area contributed by atoms with Crippen LogP contribution in [0.3, 0.4) is 0 Å². The van der Waals surface area contributed by atoms with Crippen molar-refractivity contribution in [3.63, 3.8) is 0 Å². The van der Waals surface area contributed by atoms with E-state index in [0.717, 1.165) is 32.0 Å². The van der Waals surface area contributed by atoms with Crippen molar-refractivity contribution in [2.24, 2.45) is 0 Å². The van der Waals surface area contributed by atoms with Crippen molar-refractivity contribution in [1.82, 2.24) is 10.2 Å². The van der Waals surface area contributed by atoms with E-state index in [0.29, 0.717) is 12.3 Å². The van der Waals surface area contributed by atoms with Crippen LogP contribution in [-0.4, -0.2) is 42.9 Å². The number of halogens is 1. The van der Waals surface area contributed by atoms with Crippen LogP contribution in [0.25, 0.3) is 0 Å². The molecule has 0 aromatic heterocycles. The van der Waals surface area contributed by atoms with E-state index in [1.807, 2.05) is 0 Å². The fraction of sp³-hybridized carbons (Fsp3) is 0.909. The van der Waals surface area contributed by atoms with Gasteiger partial charge in [-0.2, -0.15) is 0 Å². The number of hydrogen-bond acceptors (Lipinski definition) is 2. The predicted octanol–water partition coefficient (Wildman–Crippen LogP) is 1.61. The predicted molar refractivity (Wildman–Crippen MR) is 63.2 cm³/mol. The molecular weight excluding hydrogens is 212 g/mol. The summed E-state index contributed by atoms with van der Waals surface area (Å²) in [6, 6.07) is 0.776. The first kappa shape index (κ1) is 12.8. The molecule has 1 rings (SSSR count). The third-order valence-corrected chi connectivity index (χ3v) is 3.01. The number of likely N-dealkylation sites (N-methyl/N-ethyl adjacent to an activating group) is 1. The zero-order chi connectivity index (χ0) is 11.1. The molecule has 1 fully saturated rings. The molecule has 1 aliphatic rings. The first-order valence-electron chi connectivity index (χ1n) is 5.77. The second-order valence-electron chi connectivity index (χ2n) is 4.21. The Hall–Kier alpha value is -0.280. The van der Waals surface area contributed by atoms with Gasteiger partial charge in [-0.05, 0) is 32.7 Å². The van der Waals surface area contributed by atoms with Crippen molar-refractivity contribution in [3.8, 4) is 0 Å². The maximum absolute atomic E-state index is 11.3. The van der Waals surface area contributed by atoms with Crippen LogP contribution in [0, 0.1) is 0 Å². The van der Waals surface area contributed by atoms with Crippen molar-refractivity contribution in [3.05, 3.63) is 0 Å². The van der Waals surface area contributed by atoms with Crippen LogP contribution in [0.15, 0.2) is 0 Å². The number of alkyl halides is 1. The third kappa shape index (κ3) is 6.00. The number of unbranched alkanes of at least 4 members (excludes halogenated alkanes) is 1. The van der Waals surface area contributed by atoms with Gasteiger partial charge in [0.05, 0.1) is 0 Å². The summed E-state index contributed by atoms with van der Waals surface area (Å²) in [6.45, 7) is 1.73. The highest BCUT2D eigenvalue weighted by atomic mass is 35.5. The molecule has 1 amide bonds. The fourth-order valence-corrected chi connectivity index (χ4v) is 1.73. The average Bonchev–Trinajstić information content (AvgIpc) is 3.01. The molecule has 1 N–H and O–H groups in total. The molecule has 0 aromatic rings. The molecule has 1 saturated carbocycles. The first-order valence-corrected chi connectivity index (χ1v) is 6.30. The molecule has 0 bridgehead atoms. The van der Waals surface area contributed by atoms with E-state index in [4.69, 9.17) is 11.6 Å². The second-order valence-corrected chi connectivity index (χ2v) is 4.59. The molecule has 15 heavy (non-hydrogen) atoms. The maximum Gasteiger partial charge on any atom is 0.220 e. The molecule has 4 heteroatoms. The summed E-state index contributed by atoms with van der Waals surface area (Å²) < 4.78 is 0. The quantitative estimate of drug-likeness (QED) is 0.510. The van der Waals surface area contributed by atoms with Gasteiger partial charge in [-0.3, -0.25) is 4.79 Å². The van der Waals surface area contributed by atoms with Crippen LogP contribution in [0.2, 0.25) is 0 Å². The summed E-state index contributed by atoms with van der Waals surface area (Å²) in [6.07, 6.45) is 5.07. The number of carbonyl (C=O) groups excluding carboxylic acids is 1. The van der Waals surface area contributed by atoms with Crippen molar-refractivity contribution in [1.29, 1.82) is 0 Å². The Balaban J connectivity index is 1.91. The molecular formula is C11H21ClN2O. The van der Waals surface area contributed by atoms with Crippen molar-refractivity contribution in [2.45, 2.75) is 38.1 Å². The SMILES string of the molecule is CN(CCNC(=O)CCCCCl)C1CC1. The number of amides is 1. The molecule has 0 radical (unpaired) electrons. The van der Waals surface area contributed by atoms with Gasteiger partial charge in [-0.1, -0.05) is 0 Å².